The third-order valence-corrected chi connectivity index (χ3v) is 6.48. The molecule has 0 aromatic carbocycles. The zero-order chi connectivity index (χ0) is 14.5. The van der Waals surface area contributed by atoms with E-state index in [4.69, 9.17) is 4.74 Å². The number of nitrogens with one attached hydrogen (secondary N) is 1. The van der Waals surface area contributed by atoms with Crippen LogP contribution in [0.3, 0.4) is 0 Å². The summed E-state index contributed by atoms with van der Waals surface area (Å²) in [6.45, 7) is 8.18. The van der Waals surface area contributed by atoms with Crippen molar-refractivity contribution in [1.82, 2.24) is 10.2 Å². The third-order valence-electron chi connectivity index (χ3n) is 6.48. The van der Waals surface area contributed by atoms with Crippen LogP contribution < -0.4 is 5.32 Å². The van der Waals surface area contributed by atoms with Crippen molar-refractivity contribution in [1.29, 1.82) is 0 Å². The molecular weight excluding hydrogens is 260 g/mol. The summed E-state index contributed by atoms with van der Waals surface area (Å²) in [5, 5.41) is 3.90. The first kappa shape index (κ1) is 14.5. The molecule has 1 N–H and O–H groups in total. The van der Waals surface area contributed by atoms with Crippen LogP contribution in [0.1, 0.15) is 65.2 Å². The molecule has 0 amide bonds. The maximum Gasteiger partial charge on any atom is 0.0710 e. The minimum absolute atomic E-state index is 0.109. The average molecular weight is 292 g/mol. The van der Waals surface area contributed by atoms with Gasteiger partial charge in [0, 0.05) is 31.2 Å². The lowest BCUT2D eigenvalue weighted by molar-refractivity contribution is -0.0557. The summed E-state index contributed by atoms with van der Waals surface area (Å²) in [4.78, 5) is 2.85. The Hall–Kier alpha value is -0.120. The van der Waals surface area contributed by atoms with Crippen molar-refractivity contribution in [3.63, 3.8) is 0 Å². The van der Waals surface area contributed by atoms with Crippen molar-refractivity contribution < 1.29 is 4.74 Å². The highest BCUT2D eigenvalue weighted by Gasteiger charge is 2.47. The Kier molecular flexibility index (Phi) is 3.59. The fraction of sp³-hybridized carbons (Fsp3) is 1.00. The standard InChI is InChI=1S/C18H32N2O/c1-17(2)10-7-15(21-17)11-20-12-16(14-5-6-14)19-13-18(20)8-3-4-9-18/h14-16,19H,3-13H2,1-2H3. The number of hydrogen-bond donors (Lipinski definition) is 1. The molecule has 4 rings (SSSR count). The molecule has 4 fully saturated rings. The van der Waals surface area contributed by atoms with Crippen LogP contribution in [-0.4, -0.2) is 47.8 Å². The minimum atomic E-state index is 0.109. The molecule has 2 heterocycles. The molecule has 2 aliphatic heterocycles. The Balaban J connectivity index is 1.45. The molecule has 3 heteroatoms. The van der Waals surface area contributed by atoms with E-state index in [1.165, 1.54) is 71.0 Å². The second kappa shape index (κ2) is 5.21. The molecule has 21 heavy (non-hydrogen) atoms. The fourth-order valence-electron chi connectivity index (χ4n) is 4.99. The van der Waals surface area contributed by atoms with E-state index in [1.54, 1.807) is 0 Å². The van der Waals surface area contributed by atoms with Crippen LogP contribution >= 0.6 is 0 Å². The fourth-order valence-corrected chi connectivity index (χ4v) is 4.99. The van der Waals surface area contributed by atoms with Crippen molar-refractivity contribution >= 4 is 0 Å². The number of hydrogen-bond acceptors (Lipinski definition) is 3. The lowest BCUT2D eigenvalue weighted by atomic mass is 9.89. The van der Waals surface area contributed by atoms with Gasteiger partial charge in [-0.05, 0) is 58.3 Å². The monoisotopic (exact) mass is 292 g/mol. The summed E-state index contributed by atoms with van der Waals surface area (Å²) in [6.07, 6.45) is 11.5. The Morgan fingerprint density at radius 1 is 1.10 bits per heavy atom. The van der Waals surface area contributed by atoms with Crippen molar-refractivity contribution in [2.45, 2.75) is 88.5 Å². The molecule has 2 saturated heterocycles. The maximum absolute atomic E-state index is 6.30. The topological polar surface area (TPSA) is 24.5 Å². The molecule has 3 nitrogen and oxygen atoms in total. The van der Waals surface area contributed by atoms with Crippen LogP contribution in [0.25, 0.3) is 0 Å². The molecule has 120 valence electrons. The van der Waals surface area contributed by atoms with E-state index >= 15 is 0 Å². The molecule has 1 spiro atoms. The van der Waals surface area contributed by atoms with E-state index in [-0.39, 0.29) is 5.60 Å². The first-order valence-electron chi connectivity index (χ1n) is 9.23. The molecule has 2 aliphatic carbocycles. The van der Waals surface area contributed by atoms with Crippen LogP contribution in [0.2, 0.25) is 0 Å². The van der Waals surface area contributed by atoms with Crippen molar-refractivity contribution in [3.05, 3.63) is 0 Å². The van der Waals surface area contributed by atoms with Crippen LogP contribution in [0, 0.1) is 5.92 Å². The van der Waals surface area contributed by atoms with Gasteiger partial charge in [0.05, 0.1) is 11.7 Å². The molecule has 0 radical (unpaired) electrons. The van der Waals surface area contributed by atoms with Gasteiger partial charge >= 0.3 is 0 Å². The number of ether oxygens (including phenoxy) is 1. The van der Waals surface area contributed by atoms with Gasteiger partial charge < -0.3 is 10.1 Å². The first-order valence-corrected chi connectivity index (χ1v) is 9.23. The van der Waals surface area contributed by atoms with Crippen LogP contribution in [0.4, 0.5) is 0 Å². The van der Waals surface area contributed by atoms with Crippen LogP contribution in [-0.2, 0) is 4.74 Å². The second-order valence-electron chi connectivity index (χ2n) is 8.70. The molecule has 0 bridgehead atoms. The van der Waals surface area contributed by atoms with Gasteiger partial charge in [-0.25, -0.2) is 0 Å². The summed E-state index contributed by atoms with van der Waals surface area (Å²) in [5.41, 5.74) is 0.568. The zero-order valence-electron chi connectivity index (χ0n) is 13.9. The largest absolute Gasteiger partial charge is 0.371 e. The molecule has 4 aliphatic rings. The summed E-state index contributed by atoms with van der Waals surface area (Å²) >= 11 is 0. The number of rotatable bonds is 3. The Bertz CT molecular complexity index is 385. The average Bonchev–Trinajstić information content (AvgIpc) is 3.09. The molecule has 2 saturated carbocycles. The molecule has 0 aromatic rings. The molecular formula is C18H32N2O. The van der Waals surface area contributed by atoms with E-state index in [9.17, 15) is 0 Å². The normalized spacial score (nSPS) is 39.1. The number of nitrogens with zero attached hydrogens (tertiary/aromatic N) is 1. The van der Waals surface area contributed by atoms with E-state index in [0.29, 0.717) is 11.6 Å². The molecule has 2 unspecified atom stereocenters. The highest BCUT2D eigenvalue weighted by molar-refractivity contribution is 5.05. The van der Waals surface area contributed by atoms with Crippen LogP contribution in [0.5, 0.6) is 0 Å². The highest BCUT2D eigenvalue weighted by atomic mass is 16.5. The van der Waals surface area contributed by atoms with E-state index in [0.717, 1.165) is 12.0 Å². The lowest BCUT2D eigenvalue weighted by Crippen LogP contribution is -2.65. The third kappa shape index (κ3) is 2.89. The first-order chi connectivity index (χ1) is 10.1. The van der Waals surface area contributed by atoms with Gasteiger partial charge in [0.2, 0.25) is 0 Å². The Morgan fingerprint density at radius 2 is 1.86 bits per heavy atom. The second-order valence-corrected chi connectivity index (χ2v) is 8.70. The summed E-state index contributed by atoms with van der Waals surface area (Å²) in [7, 11) is 0. The van der Waals surface area contributed by atoms with Gasteiger partial charge in [0.15, 0.2) is 0 Å². The quantitative estimate of drug-likeness (QED) is 0.865. The summed E-state index contributed by atoms with van der Waals surface area (Å²) < 4.78 is 6.30. The summed E-state index contributed by atoms with van der Waals surface area (Å²) in [5.74, 6) is 0.965. The minimum Gasteiger partial charge on any atom is -0.371 e. The maximum atomic E-state index is 6.30. The summed E-state index contributed by atoms with van der Waals surface area (Å²) in [6, 6.07) is 0.755. The SMILES string of the molecule is CC1(C)CCC(CN2CC(C3CC3)NCC23CCCC3)O1. The zero-order valence-corrected chi connectivity index (χ0v) is 13.9. The van der Waals surface area contributed by atoms with Gasteiger partial charge in [-0.2, -0.15) is 0 Å². The van der Waals surface area contributed by atoms with Gasteiger partial charge in [-0.3, -0.25) is 4.90 Å². The Morgan fingerprint density at radius 3 is 2.48 bits per heavy atom. The van der Waals surface area contributed by atoms with Crippen LogP contribution in [0.15, 0.2) is 0 Å². The van der Waals surface area contributed by atoms with E-state index < -0.39 is 0 Å². The van der Waals surface area contributed by atoms with Crippen molar-refractivity contribution in [2.24, 2.45) is 5.92 Å². The molecule has 0 aromatic heterocycles. The van der Waals surface area contributed by atoms with E-state index in [1.807, 2.05) is 0 Å². The van der Waals surface area contributed by atoms with Gasteiger partial charge in [-0.1, -0.05) is 12.8 Å². The molecule has 2 atom stereocenters. The van der Waals surface area contributed by atoms with Gasteiger partial charge in [0.1, 0.15) is 0 Å². The predicted molar refractivity (Wildman–Crippen MR) is 85.5 cm³/mol. The predicted octanol–water partition coefficient (Wildman–Crippen LogP) is 2.94. The van der Waals surface area contributed by atoms with Gasteiger partial charge in [0.25, 0.3) is 0 Å². The van der Waals surface area contributed by atoms with Gasteiger partial charge in [-0.15, -0.1) is 0 Å². The van der Waals surface area contributed by atoms with E-state index in [2.05, 4.69) is 24.1 Å². The van der Waals surface area contributed by atoms with Crippen molar-refractivity contribution in [2.75, 3.05) is 19.6 Å². The highest BCUT2D eigenvalue weighted by Crippen LogP contribution is 2.42. The van der Waals surface area contributed by atoms with Crippen molar-refractivity contribution in [3.8, 4) is 0 Å². The lowest BCUT2D eigenvalue weighted by Gasteiger charge is -2.49. The number of piperazine rings is 1. The smallest absolute Gasteiger partial charge is 0.0710 e. The Labute approximate surface area is 129 Å².